The van der Waals surface area contributed by atoms with Crippen LogP contribution in [0.3, 0.4) is 0 Å². The number of rotatable bonds is 7. The smallest absolute Gasteiger partial charge is 0.350 e. The first-order valence-corrected chi connectivity index (χ1v) is 9.85. The number of thiazole rings is 1. The molecule has 3 heterocycles. The molecule has 0 aliphatic heterocycles. The van der Waals surface area contributed by atoms with Crippen LogP contribution < -0.4 is 4.74 Å². The van der Waals surface area contributed by atoms with Crippen molar-refractivity contribution in [2.24, 2.45) is 0 Å². The van der Waals surface area contributed by atoms with Crippen LogP contribution in [0, 0.1) is 12.7 Å². The van der Waals surface area contributed by atoms with Crippen molar-refractivity contribution in [1.29, 1.82) is 0 Å². The van der Waals surface area contributed by atoms with Crippen molar-refractivity contribution in [2.75, 3.05) is 0 Å². The van der Waals surface area contributed by atoms with Gasteiger partial charge in [0.15, 0.2) is 0 Å². The van der Waals surface area contributed by atoms with E-state index in [0.29, 0.717) is 21.3 Å². The Morgan fingerprint density at radius 2 is 2.00 bits per heavy atom. The number of ether oxygens (including phenoxy) is 2. The van der Waals surface area contributed by atoms with Crippen molar-refractivity contribution < 1.29 is 18.7 Å². The Bertz CT molecular complexity index is 1130. The van der Waals surface area contributed by atoms with Gasteiger partial charge in [0.1, 0.15) is 46.8 Å². The summed E-state index contributed by atoms with van der Waals surface area (Å²) in [6.07, 6.45) is 6.79. The van der Waals surface area contributed by atoms with Crippen LogP contribution in [0.25, 0.3) is 5.82 Å². The first-order chi connectivity index (χ1) is 14.6. The molecule has 0 radical (unpaired) electrons. The Hall–Kier alpha value is -3.59. The lowest BCUT2D eigenvalue weighted by Crippen LogP contribution is -2.05. The third kappa shape index (κ3) is 4.69. The van der Waals surface area contributed by atoms with Gasteiger partial charge in [0, 0.05) is 24.2 Å². The summed E-state index contributed by atoms with van der Waals surface area (Å²) in [5.41, 5.74) is 1.35. The Morgan fingerprint density at radius 3 is 2.70 bits per heavy atom. The summed E-state index contributed by atoms with van der Waals surface area (Å²) in [7, 11) is 0. The Labute approximate surface area is 175 Å². The molecule has 0 saturated carbocycles. The predicted molar refractivity (Wildman–Crippen MR) is 108 cm³/mol. The number of pyridine rings is 1. The minimum Gasteiger partial charge on any atom is -0.486 e. The molecule has 4 aromatic rings. The molecule has 0 aliphatic rings. The number of aryl methyl sites for hydroxylation is 1. The lowest BCUT2D eigenvalue weighted by molar-refractivity contribution is 0.0477. The highest BCUT2D eigenvalue weighted by Crippen LogP contribution is 2.22. The van der Waals surface area contributed by atoms with Crippen LogP contribution >= 0.6 is 11.3 Å². The topological polar surface area (TPSA) is 79.1 Å². The number of esters is 1. The van der Waals surface area contributed by atoms with E-state index in [1.165, 1.54) is 35.6 Å². The lowest BCUT2D eigenvalue weighted by atomic mass is 10.3. The zero-order valence-electron chi connectivity index (χ0n) is 16.0. The Kier molecular flexibility index (Phi) is 5.80. The van der Waals surface area contributed by atoms with Crippen molar-refractivity contribution in [3.05, 3.63) is 88.3 Å². The molecule has 0 amide bonds. The molecule has 0 fully saturated rings. The van der Waals surface area contributed by atoms with Gasteiger partial charge in [0.05, 0.1) is 5.69 Å². The normalized spacial score (nSPS) is 10.7. The molecule has 0 atom stereocenters. The third-order valence-electron chi connectivity index (χ3n) is 4.15. The lowest BCUT2D eigenvalue weighted by Gasteiger charge is -2.05. The summed E-state index contributed by atoms with van der Waals surface area (Å²) in [5.74, 6) is 0.479. The van der Waals surface area contributed by atoms with Gasteiger partial charge in [-0.3, -0.25) is 4.57 Å². The minimum absolute atomic E-state index is 0.106. The maximum Gasteiger partial charge on any atom is 0.350 e. The van der Waals surface area contributed by atoms with Crippen LogP contribution in [0.1, 0.15) is 25.9 Å². The van der Waals surface area contributed by atoms with E-state index in [0.717, 1.165) is 11.4 Å². The van der Waals surface area contributed by atoms with Crippen molar-refractivity contribution in [3.8, 4) is 11.6 Å². The van der Waals surface area contributed by atoms with E-state index >= 15 is 0 Å². The van der Waals surface area contributed by atoms with Crippen molar-refractivity contribution in [2.45, 2.75) is 20.1 Å². The number of carbonyl (C=O) groups excluding carboxylic acids is 1. The standard InChI is InChI=1S/C21H17FN4O3S/c1-14-20(30-19(25-14)12-28-17-5-3-16(22)4-6-17)21(27)29-11-15-2-7-18(24-10-15)26-9-8-23-13-26/h2-10,13H,11-12H2,1H3. The quantitative estimate of drug-likeness (QED) is 0.416. The van der Waals surface area contributed by atoms with Gasteiger partial charge in [-0.1, -0.05) is 6.07 Å². The fourth-order valence-corrected chi connectivity index (χ4v) is 3.51. The monoisotopic (exact) mass is 424 g/mol. The minimum atomic E-state index is -0.447. The zero-order valence-corrected chi connectivity index (χ0v) is 16.8. The van der Waals surface area contributed by atoms with Gasteiger partial charge < -0.3 is 9.47 Å². The summed E-state index contributed by atoms with van der Waals surface area (Å²) in [5, 5.41) is 0.634. The second-order valence-corrected chi connectivity index (χ2v) is 7.42. The number of hydrogen-bond donors (Lipinski definition) is 0. The molecule has 0 bridgehead atoms. The second kappa shape index (κ2) is 8.83. The maximum absolute atomic E-state index is 12.9. The van der Waals surface area contributed by atoms with Crippen LogP contribution in [0.2, 0.25) is 0 Å². The summed E-state index contributed by atoms with van der Waals surface area (Å²) in [4.78, 5) is 25.6. The fraction of sp³-hybridized carbons (Fsp3) is 0.143. The third-order valence-corrected chi connectivity index (χ3v) is 5.26. The largest absolute Gasteiger partial charge is 0.486 e. The molecule has 0 aliphatic carbocycles. The molecule has 30 heavy (non-hydrogen) atoms. The van der Waals surface area contributed by atoms with E-state index in [9.17, 15) is 9.18 Å². The molecule has 3 aromatic heterocycles. The first-order valence-electron chi connectivity index (χ1n) is 9.03. The average molecular weight is 424 g/mol. The molecule has 0 saturated heterocycles. The highest BCUT2D eigenvalue weighted by molar-refractivity contribution is 7.13. The van der Waals surface area contributed by atoms with Crippen LogP contribution in [-0.4, -0.2) is 25.5 Å². The van der Waals surface area contributed by atoms with E-state index in [-0.39, 0.29) is 19.0 Å². The fourth-order valence-electron chi connectivity index (χ4n) is 2.64. The van der Waals surface area contributed by atoms with Gasteiger partial charge >= 0.3 is 5.97 Å². The van der Waals surface area contributed by atoms with E-state index in [4.69, 9.17) is 9.47 Å². The van der Waals surface area contributed by atoms with Gasteiger partial charge in [-0.15, -0.1) is 11.3 Å². The molecule has 0 N–H and O–H groups in total. The Balaban J connectivity index is 1.33. The molecular formula is C21H17FN4O3S. The number of imidazole rings is 1. The molecule has 0 spiro atoms. The highest BCUT2D eigenvalue weighted by atomic mass is 32.1. The Morgan fingerprint density at radius 1 is 1.17 bits per heavy atom. The van der Waals surface area contributed by atoms with Gasteiger partial charge in [-0.25, -0.2) is 24.1 Å². The molecule has 9 heteroatoms. The molecule has 152 valence electrons. The van der Waals surface area contributed by atoms with Crippen molar-refractivity contribution in [3.63, 3.8) is 0 Å². The zero-order chi connectivity index (χ0) is 20.9. The van der Waals surface area contributed by atoms with Gasteiger partial charge in [0.25, 0.3) is 0 Å². The average Bonchev–Trinajstić information content (AvgIpc) is 3.42. The summed E-state index contributed by atoms with van der Waals surface area (Å²) in [6, 6.07) is 9.39. The molecule has 1 aromatic carbocycles. The summed E-state index contributed by atoms with van der Waals surface area (Å²) >= 11 is 1.22. The molecule has 7 nitrogen and oxygen atoms in total. The number of aromatic nitrogens is 4. The number of halogens is 1. The van der Waals surface area contributed by atoms with Crippen LogP contribution in [-0.2, 0) is 18.0 Å². The van der Waals surface area contributed by atoms with E-state index in [2.05, 4.69) is 15.0 Å². The van der Waals surface area contributed by atoms with E-state index in [1.807, 2.05) is 12.1 Å². The number of hydrogen-bond acceptors (Lipinski definition) is 7. The number of nitrogens with zero attached hydrogens (tertiary/aromatic N) is 4. The van der Waals surface area contributed by atoms with E-state index < -0.39 is 5.97 Å². The van der Waals surface area contributed by atoms with Gasteiger partial charge in [0.2, 0.25) is 0 Å². The summed E-state index contributed by atoms with van der Waals surface area (Å²) in [6.45, 7) is 2.04. The SMILES string of the molecule is Cc1nc(COc2ccc(F)cc2)sc1C(=O)OCc1ccc(-n2ccnc2)nc1. The predicted octanol–water partition coefficient (Wildman–Crippen LogP) is 4.11. The van der Waals surface area contributed by atoms with Crippen LogP contribution in [0.5, 0.6) is 5.75 Å². The molecule has 4 rings (SSSR count). The van der Waals surface area contributed by atoms with Gasteiger partial charge in [-0.05, 0) is 37.3 Å². The van der Waals surface area contributed by atoms with Crippen molar-refractivity contribution >= 4 is 17.3 Å². The number of benzene rings is 1. The maximum atomic E-state index is 12.9. The van der Waals surface area contributed by atoms with Gasteiger partial charge in [-0.2, -0.15) is 0 Å². The molecular weight excluding hydrogens is 407 g/mol. The second-order valence-electron chi connectivity index (χ2n) is 6.34. The van der Waals surface area contributed by atoms with Crippen LogP contribution in [0.4, 0.5) is 4.39 Å². The highest BCUT2D eigenvalue weighted by Gasteiger charge is 2.17. The number of carbonyl (C=O) groups is 1. The van der Waals surface area contributed by atoms with Crippen molar-refractivity contribution in [1.82, 2.24) is 19.5 Å². The summed E-state index contributed by atoms with van der Waals surface area (Å²) < 4.78 is 25.7. The van der Waals surface area contributed by atoms with Crippen LogP contribution in [0.15, 0.2) is 61.3 Å². The first kappa shape index (κ1) is 19.7. The van der Waals surface area contributed by atoms with E-state index in [1.54, 1.807) is 36.4 Å². The molecule has 0 unspecified atom stereocenters.